The molecule has 3 aromatic rings. The summed E-state index contributed by atoms with van der Waals surface area (Å²) < 4.78 is 12.8. The van der Waals surface area contributed by atoms with E-state index in [0.717, 1.165) is 26.9 Å². The first-order valence-corrected chi connectivity index (χ1v) is 12.8. The first-order chi connectivity index (χ1) is 16.3. The van der Waals surface area contributed by atoms with Crippen LogP contribution in [-0.4, -0.2) is 17.3 Å². The molecule has 0 bridgehead atoms. The van der Waals surface area contributed by atoms with Crippen LogP contribution in [0.15, 0.2) is 64.0 Å². The van der Waals surface area contributed by atoms with Gasteiger partial charge in [-0.05, 0) is 94.5 Å². The average molecular weight is 575 g/mol. The molecule has 4 rings (SSSR count). The Hall–Kier alpha value is -2.32. The van der Waals surface area contributed by atoms with Crippen LogP contribution in [0.25, 0.3) is 6.08 Å². The Balaban J connectivity index is 1.58. The van der Waals surface area contributed by atoms with Crippen LogP contribution >= 0.6 is 51.5 Å². The molecule has 0 saturated carbocycles. The number of hydrogen-bond acceptors (Lipinski definition) is 5. The fraction of sp³-hybridized carbons (Fsp3) is 0.154. The summed E-state index contributed by atoms with van der Waals surface area (Å²) in [7, 11) is 1.58. The summed E-state index contributed by atoms with van der Waals surface area (Å²) in [4.78, 5) is 15.3. The Bertz CT molecular complexity index is 1310. The van der Waals surface area contributed by atoms with Crippen LogP contribution < -0.4 is 14.4 Å². The van der Waals surface area contributed by atoms with Crippen molar-refractivity contribution in [1.82, 2.24) is 0 Å². The third-order valence-electron chi connectivity index (χ3n) is 5.39. The van der Waals surface area contributed by atoms with Gasteiger partial charge in [-0.15, -0.1) is 0 Å². The molecule has 0 N–H and O–H groups in total. The lowest BCUT2D eigenvalue weighted by Gasteiger charge is -2.16. The molecule has 8 heteroatoms. The highest BCUT2D eigenvalue weighted by atomic mass is 79.9. The minimum atomic E-state index is -0.142. The molecule has 1 fully saturated rings. The molecule has 1 amide bonds. The average Bonchev–Trinajstić information content (AvgIpc) is 3.08. The van der Waals surface area contributed by atoms with E-state index in [4.69, 9.17) is 33.3 Å². The van der Waals surface area contributed by atoms with E-state index in [1.165, 1.54) is 17.3 Å². The van der Waals surface area contributed by atoms with Gasteiger partial charge in [0, 0.05) is 5.02 Å². The van der Waals surface area contributed by atoms with E-state index in [2.05, 4.69) is 15.9 Å². The molecule has 3 aromatic carbocycles. The predicted molar refractivity (Wildman–Crippen MR) is 148 cm³/mol. The SMILES string of the molecule is COc1cc(/C=C2/SC(=S)N(c3ccc(C)c(C)c3)C2=O)cc(Br)c1OCc1ccc(Cl)cc1. The summed E-state index contributed by atoms with van der Waals surface area (Å²) >= 11 is 16.3. The highest BCUT2D eigenvalue weighted by molar-refractivity contribution is 9.10. The summed E-state index contributed by atoms with van der Waals surface area (Å²) in [6.45, 7) is 4.42. The number of halogens is 2. The van der Waals surface area contributed by atoms with E-state index < -0.39 is 0 Å². The standard InChI is InChI=1S/C26H21BrClNO3S2/c1-15-4-9-20(10-16(15)2)29-25(30)23(34-26(29)33)13-18-11-21(27)24(22(12-18)31-3)32-14-17-5-7-19(28)8-6-17/h4-13H,14H2,1-3H3/b23-13+. The number of ether oxygens (including phenoxy) is 2. The highest BCUT2D eigenvalue weighted by Gasteiger charge is 2.33. The topological polar surface area (TPSA) is 38.8 Å². The molecule has 34 heavy (non-hydrogen) atoms. The molecule has 0 aliphatic carbocycles. The van der Waals surface area contributed by atoms with Gasteiger partial charge in [0.2, 0.25) is 0 Å². The lowest BCUT2D eigenvalue weighted by Crippen LogP contribution is -2.27. The van der Waals surface area contributed by atoms with Gasteiger partial charge in [0.25, 0.3) is 5.91 Å². The molecular formula is C26H21BrClNO3S2. The molecule has 1 saturated heterocycles. The van der Waals surface area contributed by atoms with Crippen LogP contribution in [-0.2, 0) is 11.4 Å². The molecule has 1 aliphatic rings. The first kappa shape index (κ1) is 24.8. The Morgan fingerprint density at radius 2 is 1.82 bits per heavy atom. The second kappa shape index (κ2) is 10.5. The van der Waals surface area contributed by atoms with Crippen molar-refractivity contribution >= 4 is 73.5 Å². The maximum atomic E-state index is 13.2. The molecule has 0 aromatic heterocycles. The summed E-state index contributed by atoms with van der Waals surface area (Å²) in [6, 6.07) is 17.1. The normalized spacial score (nSPS) is 14.7. The molecule has 0 radical (unpaired) electrons. The van der Waals surface area contributed by atoms with Crippen LogP contribution in [0, 0.1) is 13.8 Å². The van der Waals surface area contributed by atoms with Crippen molar-refractivity contribution < 1.29 is 14.3 Å². The Morgan fingerprint density at radius 1 is 1.09 bits per heavy atom. The van der Waals surface area contributed by atoms with Crippen LogP contribution in [0.2, 0.25) is 5.02 Å². The number of hydrogen-bond donors (Lipinski definition) is 0. The van der Waals surface area contributed by atoms with Crippen LogP contribution in [0.3, 0.4) is 0 Å². The van der Waals surface area contributed by atoms with E-state index in [-0.39, 0.29) is 5.91 Å². The number of carbonyl (C=O) groups is 1. The van der Waals surface area contributed by atoms with Crippen molar-refractivity contribution in [3.8, 4) is 11.5 Å². The molecule has 0 atom stereocenters. The monoisotopic (exact) mass is 573 g/mol. The van der Waals surface area contributed by atoms with Crippen molar-refractivity contribution in [2.45, 2.75) is 20.5 Å². The van der Waals surface area contributed by atoms with E-state index in [9.17, 15) is 4.79 Å². The maximum absolute atomic E-state index is 13.2. The van der Waals surface area contributed by atoms with Gasteiger partial charge >= 0.3 is 0 Å². The van der Waals surface area contributed by atoms with E-state index in [1.54, 1.807) is 12.0 Å². The van der Waals surface area contributed by atoms with Crippen molar-refractivity contribution in [3.63, 3.8) is 0 Å². The minimum absolute atomic E-state index is 0.142. The molecule has 0 spiro atoms. The Morgan fingerprint density at radius 3 is 2.50 bits per heavy atom. The number of carbonyl (C=O) groups excluding carboxylic acids is 1. The van der Waals surface area contributed by atoms with Crippen molar-refractivity contribution in [2.24, 2.45) is 0 Å². The zero-order valence-electron chi connectivity index (χ0n) is 18.7. The quantitative estimate of drug-likeness (QED) is 0.223. The first-order valence-electron chi connectivity index (χ1n) is 10.4. The predicted octanol–water partition coefficient (Wildman–Crippen LogP) is 7.71. The van der Waals surface area contributed by atoms with Crippen LogP contribution in [0.1, 0.15) is 22.3 Å². The van der Waals surface area contributed by atoms with Crippen LogP contribution in [0.4, 0.5) is 5.69 Å². The number of thiocarbonyl (C=S) groups is 1. The van der Waals surface area contributed by atoms with Crippen molar-refractivity contribution in [1.29, 1.82) is 0 Å². The summed E-state index contributed by atoms with van der Waals surface area (Å²) in [6.07, 6.45) is 1.82. The molecule has 1 heterocycles. The number of anilines is 1. The third kappa shape index (κ3) is 5.33. The maximum Gasteiger partial charge on any atom is 0.270 e. The molecule has 1 aliphatic heterocycles. The van der Waals surface area contributed by atoms with Crippen molar-refractivity contribution in [3.05, 3.63) is 91.3 Å². The number of nitrogens with zero attached hydrogens (tertiary/aromatic N) is 1. The number of benzene rings is 3. The minimum Gasteiger partial charge on any atom is -0.493 e. The fourth-order valence-corrected chi connectivity index (χ4v) is 5.40. The van der Waals surface area contributed by atoms with Gasteiger partial charge in [-0.1, -0.05) is 53.8 Å². The van der Waals surface area contributed by atoms with Gasteiger partial charge in [-0.25, -0.2) is 0 Å². The molecule has 4 nitrogen and oxygen atoms in total. The van der Waals surface area contributed by atoms with Gasteiger partial charge in [-0.3, -0.25) is 9.69 Å². The van der Waals surface area contributed by atoms with Gasteiger partial charge in [0.15, 0.2) is 15.8 Å². The molecule has 174 valence electrons. The lowest BCUT2D eigenvalue weighted by molar-refractivity contribution is -0.113. The number of amides is 1. The zero-order valence-corrected chi connectivity index (χ0v) is 22.7. The van der Waals surface area contributed by atoms with Gasteiger partial charge in [0.05, 0.1) is 22.2 Å². The number of thioether (sulfide) groups is 1. The van der Waals surface area contributed by atoms with E-state index in [0.29, 0.717) is 32.4 Å². The zero-order chi connectivity index (χ0) is 24.4. The lowest BCUT2D eigenvalue weighted by atomic mass is 10.1. The summed E-state index contributed by atoms with van der Waals surface area (Å²) in [5, 5.41) is 0.676. The second-order valence-corrected chi connectivity index (χ2v) is 10.7. The Kier molecular flexibility index (Phi) is 7.67. The van der Waals surface area contributed by atoms with Gasteiger partial charge in [-0.2, -0.15) is 0 Å². The number of rotatable bonds is 6. The number of methoxy groups -OCH3 is 1. The Labute approximate surface area is 222 Å². The van der Waals surface area contributed by atoms with Gasteiger partial charge < -0.3 is 9.47 Å². The van der Waals surface area contributed by atoms with E-state index in [1.807, 2.05) is 74.5 Å². The molecule has 0 unspecified atom stereocenters. The smallest absolute Gasteiger partial charge is 0.270 e. The van der Waals surface area contributed by atoms with Gasteiger partial charge in [0.1, 0.15) is 6.61 Å². The van der Waals surface area contributed by atoms with Crippen molar-refractivity contribution in [2.75, 3.05) is 12.0 Å². The molecular weight excluding hydrogens is 554 g/mol. The highest BCUT2D eigenvalue weighted by Crippen LogP contribution is 2.40. The second-order valence-electron chi connectivity index (χ2n) is 7.73. The third-order valence-corrected chi connectivity index (χ3v) is 7.53. The largest absolute Gasteiger partial charge is 0.493 e. The fourth-order valence-electron chi connectivity index (χ4n) is 3.41. The van der Waals surface area contributed by atoms with Crippen LogP contribution in [0.5, 0.6) is 11.5 Å². The van der Waals surface area contributed by atoms with E-state index >= 15 is 0 Å². The summed E-state index contributed by atoms with van der Waals surface area (Å²) in [5.41, 5.74) is 4.83. The number of aryl methyl sites for hydroxylation is 2. The summed E-state index contributed by atoms with van der Waals surface area (Å²) in [5.74, 6) is 0.993.